The summed E-state index contributed by atoms with van der Waals surface area (Å²) >= 11 is 0. The van der Waals surface area contributed by atoms with E-state index in [0.29, 0.717) is 6.20 Å². The van der Waals surface area contributed by atoms with Crippen molar-refractivity contribution in [2.24, 2.45) is 0 Å². The first kappa shape index (κ1) is 12.8. The van der Waals surface area contributed by atoms with Gasteiger partial charge >= 0.3 is 12.4 Å². The summed E-state index contributed by atoms with van der Waals surface area (Å²) in [7, 11) is 0. The predicted octanol–water partition coefficient (Wildman–Crippen LogP) is 2.57. The fourth-order valence-electron chi connectivity index (χ4n) is 0.991. The van der Waals surface area contributed by atoms with Gasteiger partial charge < -0.3 is 0 Å². The van der Waals surface area contributed by atoms with Crippen molar-refractivity contribution in [3.8, 4) is 0 Å². The fourth-order valence-corrected chi connectivity index (χ4v) is 0.991. The molecule has 1 heterocycles. The molecule has 0 aliphatic heterocycles. The average molecular weight is 248 g/mol. The highest BCUT2D eigenvalue weighted by Crippen LogP contribution is 2.33. The standard InChI is InChI=1S/C7H6F6N2O/c1-4-14-2-3-15(4)6(9,10)5(8)16-7(11,12)13/h2-3,5H,1H3. The van der Waals surface area contributed by atoms with Crippen molar-refractivity contribution < 1.29 is 31.1 Å². The lowest BCUT2D eigenvalue weighted by Gasteiger charge is -2.23. The SMILES string of the molecule is Cc1nccn1C(F)(F)C(F)OC(F)(F)F. The number of imidazole rings is 1. The largest absolute Gasteiger partial charge is 0.525 e. The molecule has 16 heavy (non-hydrogen) atoms. The molecule has 9 heteroatoms. The highest BCUT2D eigenvalue weighted by atomic mass is 19.4. The molecule has 0 N–H and O–H groups in total. The maximum absolute atomic E-state index is 13.1. The summed E-state index contributed by atoms with van der Waals surface area (Å²) in [5, 5.41) is 0. The second-order valence-corrected chi connectivity index (χ2v) is 2.81. The van der Waals surface area contributed by atoms with Gasteiger partial charge in [0.15, 0.2) is 0 Å². The Hall–Kier alpha value is -1.25. The van der Waals surface area contributed by atoms with Crippen LogP contribution in [0.1, 0.15) is 5.82 Å². The summed E-state index contributed by atoms with van der Waals surface area (Å²) in [5.74, 6) is -0.335. The summed E-state index contributed by atoms with van der Waals surface area (Å²) in [4.78, 5) is 3.34. The topological polar surface area (TPSA) is 27.1 Å². The number of hydrogen-bond acceptors (Lipinski definition) is 2. The van der Waals surface area contributed by atoms with E-state index < -0.39 is 18.8 Å². The third kappa shape index (κ3) is 2.65. The molecule has 1 atom stereocenters. The molecule has 0 saturated carbocycles. The molecule has 0 saturated heterocycles. The average Bonchev–Trinajstić information content (AvgIpc) is 2.48. The zero-order valence-electron chi connectivity index (χ0n) is 7.80. The van der Waals surface area contributed by atoms with E-state index in [1.807, 2.05) is 0 Å². The van der Waals surface area contributed by atoms with E-state index in [1.54, 1.807) is 0 Å². The Morgan fingerprint density at radius 3 is 2.25 bits per heavy atom. The van der Waals surface area contributed by atoms with Crippen LogP contribution in [0.2, 0.25) is 0 Å². The molecule has 0 aliphatic carbocycles. The van der Waals surface area contributed by atoms with E-state index in [9.17, 15) is 26.3 Å². The molecule has 0 bridgehead atoms. The van der Waals surface area contributed by atoms with Gasteiger partial charge in [-0.1, -0.05) is 0 Å². The first-order valence-corrected chi connectivity index (χ1v) is 3.91. The molecule has 0 amide bonds. The molecule has 1 aromatic rings. The Morgan fingerprint density at radius 2 is 1.88 bits per heavy atom. The Morgan fingerprint density at radius 1 is 1.31 bits per heavy atom. The summed E-state index contributed by atoms with van der Waals surface area (Å²) in [6.45, 7) is 1.09. The first-order chi connectivity index (χ1) is 7.14. The van der Waals surface area contributed by atoms with Gasteiger partial charge in [0.05, 0.1) is 0 Å². The highest BCUT2D eigenvalue weighted by molar-refractivity contribution is 4.93. The molecule has 92 valence electrons. The predicted molar refractivity (Wildman–Crippen MR) is 39.2 cm³/mol. The number of ether oxygens (including phenoxy) is 1. The fraction of sp³-hybridized carbons (Fsp3) is 0.571. The Labute approximate surface area is 85.6 Å². The second kappa shape index (κ2) is 3.96. The third-order valence-corrected chi connectivity index (χ3v) is 1.66. The van der Waals surface area contributed by atoms with Crippen molar-refractivity contribution in [3.63, 3.8) is 0 Å². The molecule has 0 radical (unpaired) electrons. The maximum Gasteiger partial charge on any atom is 0.525 e. The molecule has 0 spiro atoms. The van der Waals surface area contributed by atoms with Gasteiger partial charge in [0.2, 0.25) is 0 Å². The number of halogens is 6. The number of rotatable bonds is 3. The van der Waals surface area contributed by atoms with Crippen molar-refractivity contribution in [3.05, 3.63) is 18.2 Å². The van der Waals surface area contributed by atoms with Gasteiger partial charge in [-0.2, -0.15) is 8.78 Å². The van der Waals surface area contributed by atoms with E-state index in [2.05, 4.69) is 9.72 Å². The summed E-state index contributed by atoms with van der Waals surface area (Å²) in [5.41, 5.74) is 0. The molecule has 1 unspecified atom stereocenters. The lowest BCUT2D eigenvalue weighted by Crippen LogP contribution is -2.39. The van der Waals surface area contributed by atoms with Crippen LogP contribution >= 0.6 is 0 Å². The zero-order chi connectivity index (χ0) is 12.6. The number of aryl methyl sites for hydroxylation is 1. The van der Waals surface area contributed by atoms with Crippen molar-refractivity contribution >= 4 is 0 Å². The highest BCUT2D eigenvalue weighted by Gasteiger charge is 2.50. The van der Waals surface area contributed by atoms with Crippen LogP contribution in [0.25, 0.3) is 0 Å². The van der Waals surface area contributed by atoms with E-state index in [-0.39, 0.29) is 10.4 Å². The van der Waals surface area contributed by atoms with Crippen LogP contribution in [0.4, 0.5) is 26.3 Å². The zero-order valence-corrected chi connectivity index (χ0v) is 7.80. The maximum atomic E-state index is 13.1. The van der Waals surface area contributed by atoms with Crippen LogP contribution < -0.4 is 0 Å². The Balaban J connectivity index is 2.90. The first-order valence-electron chi connectivity index (χ1n) is 3.91. The Bertz CT molecular complexity index is 360. The van der Waals surface area contributed by atoms with E-state index in [0.717, 1.165) is 13.1 Å². The smallest absolute Gasteiger partial charge is 0.271 e. The Kier molecular flexibility index (Phi) is 3.17. The van der Waals surface area contributed by atoms with Crippen LogP contribution in [0.5, 0.6) is 0 Å². The van der Waals surface area contributed by atoms with E-state index in [4.69, 9.17) is 0 Å². The van der Waals surface area contributed by atoms with E-state index in [1.165, 1.54) is 0 Å². The van der Waals surface area contributed by atoms with Crippen LogP contribution in [-0.4, -0.2) is 22.3 Å². The monoisotopic (exact) mass is 248 g/mol. The van der Waals surface area contributed by atoms with Crippen LogP contribution in [0.3, 0.4) is 0 Å². The van der Waals surface area contributed by atoms with Gasteiger partial charge in [-0.3, -0.25) is 4.57 Å². The third-order valence-electron chi connectivity index (χ3n) is 1.66. The summed E-state index contributed by atoms with van der Waals surface area (Å²) < 4.78 is 76.1. The lowest BCUT2D eigenvalue weighted by molar-refractivity contribution is -0.399. The van der Waals surface area contributed by atoms with Crippen LogP contribution in [-0.2, 0) is 10.8 Å². The molecule has 0 fully saturated rings. The number of alkyl halides is 6. The van der Waals surface area contributed by atoms with Crippen molar-refractivity contribution in [1.29, 1.82) is 0 Å². The number of hydrogen-bond donors (Lipinski definition) is 0. The van der Waals surface area contributed by atoms with E-state index >= 15 is 0 Å². The van der Waals surface area contributed by atoms with Gasteiger partial charge in [-0.25, -0.2) is 14.1 Å². The van der Waals surface area contributed by atoms with Gasteiger partial charge in [0.1, 0.15) is 5.82 Å². The second-order valence-electron chi connectivity index (χ2n) is 2.81. The van der Waals surface area contributed by atoms with Gasteiger partial charge in [-0.05, 0) is 6.92 Å². The molecular weight excluding hydrogens is 242 g/mol. The molecule has 3 nitrogen and oxygen atoms in total. The summed E-state index contributed by atoms with van der Waals surface area (Å²) in [6, 6.07) is -4.48. The van der Waals surface area contributed by atoms with Crippen molar-refractivity contribution in [2.75, 3.05) is 0 Å². The molecule has 1 aromatic heterocycles. The normalized spacial score (nSPS) is 15.2. The van der Waals surface area contributed by atoms with Crippen molar-refractivity contribution in [2.45, 2.75) is 25.7 Å². The minimum Gasteiger partial charge on any atom is -0.271 e. The quantitative estimate of drug-likeness (QED) is 0.768. The minimum absolute atomic E-state index is 0.0383. The molecule has 0 aliphatic rings. The van der Waals surface area contributed by atoms with Crippen LogP contribution in [0.15, 0.2) is 12.4 Å². The number of nitrogens with zero attached hydrogens (tertiary/aromatic N) is 2. The van der Waals surface area contributed by atoms with Gasteiger partial charge in [-0.15, -0.1) is 13.2 Å². The van der Waals surface area contributed by atoms with Gasteiger partial charge in [0, 0.05) is 12.4 Å². The molecule has 0 aromatic carbocycles. The number of aromatic nitrogens is 2. The summed E-state index contributed by atoms with van der Waals surface area (Å²) in [6.07, 6.45) is -7.75. The van der Waals surface area contributed by atoms with Gasteiger partial charge in [0.25, 0.3) is 6.36 Å². The lowest BCUT2D eigenvalue weighted by atomic mass is 10.5. The molecular formula is C7H6F6N2O. The minimum atomic E-state index is -5.47. The molecule has 1 rings (SSSR count). The van der Waals surface area contributed by atoms with Crippen molar-refractivity contribution in [1.82, 2.24) is 9.55 Å². The van der Waals surface area contributed by atoms with Crippen LogP contribution in [0, 0.1) is 6.92 Å².